The van der Waals surface area contributed by atoms with Crippen LogP contribution >= 0.6 is 0 Å². The van der Waals surface area contributed by atoms with Gasteiger partial charge in [-0.25, -0.2) is 0 Å². The van der Waals surface area contributed by atoms with E-state index < -0.39 is 24.5 Å². The third-order valence-electron chi connectivity index (χ3n) is 2.23. The predicted molar refractivity (Wildman–Crippen MR) is 58.2 cm³/mol. The van der Waals surface area contributed by atoms with E-state index in [-0.39, 0.29) is 12.9 Å². The van der Waals surface area contributed by atoms with Crippen LogP contribution in [0.3, 0.4) is 0 Å². The number of hydrogen-bond donors (Lipinski definition) is 0. The van der Waals surface area contributed by atoms with Gasteiger partial charge < -0.3 is 23.7 Å². The first-order valence-corrected chi connectivity index (χ1v) is 5.61. The molecule has 0 N–H and O–H groups in total. The van der Waals surface area contributed by atoms with Gasteiger partial charge in [-0.15, -0.1) is 0 Å². The maximum Gasteiger partial charge on any atom is 0.304 e. The van der Waals surface area contributed by atoms with Gasteiger partial charge in [0, 0.05) is 33.8 Å². The largest absolute Gasteiger partial charge is 0.436 e. The molecule has 1 heterocycles. The summed E-state index contributed by atoms with van der Waals surface area (Å²) in [7, 11) is 1.51. The molecule has 0 saturated carbocycles. The molecule has 1 unspecified atom stereocenters. The first-order valence-electron chi connectivity index (χ1n) is 5.61. The molecule has 7 nitrogen and oxygen atoms in total. The summed E-state index contributed by atoms with van der Waals surface area (Å²) in [5.41, 5.74) is 0. The summed E-state index contributed by atoms with van der Waals surface area (Å²) in [4.78, 5) is 21.8. The normalized spacial score (nSPS) is 27.6. The smallest absolute Gasteiger partial charge is 0.304 e. The fourth-order valence-corrected chi connectivity index (χ4v) is 1.63. The Labute approximate surface area is 105 Å². The van der Waals surface area contributed by atoms with Crippen LogP contribution in [0.15, 0.2) is 0 Å². The van der Waals surface area contributed by atoms with Crippen LogP contribution in [0.1, 0.15) is 26.7 Å². The number of methoxy groups -OCH3 is 1. The van der Waals surface area contributed by atoms with Crippen molar-refractivity contribution in [2.75, 3.05) is 13.9 Å². The summed E-state index contributed by atoms with van der Waals surface area (Å²) in [5.74, 6) is -0.928. The molecular formula is C11H18O7. The average Bonchev–Trinajstić information content (AvgIpc) is 2.24. The lowest BCUT2D eigenvalue weighted by Crippen LogP contribution is -2.41. The molecule has 1 aliphatic rings. The van der Waals surface area contributed by atoms with Gasteiger partial charge >= 0.3 is 11.9 Å². The lowest BCUT2D eigenvalue weighted by Gasteiger charge is -2.33. The van der Waals surface area contributed by atoms with E-state index in [2.05, 4.69) is 0 Å². The molecule has 0 aliphatic carbocycles. The van der Waals surface area contributed by atoms with Crippen LogP contribution in [0.5, 0.6) is 0 Å². The number of esters is 2. The molecule has 18 heavy (non-hydrogen) atoms. The van der Waals surface area contributed by atoms with Crippen molar-refractivity contribution in [1.29, 1.82) is 0 Å². The highest BCUT2D eigenvalue weighted by Gasteiger charge is 2.33. The minimum absolute atomic E-state index is 0.115. The molecule has 0 aromatic carbocycles. The summed E-state index contributed by atoms with van der Waals surface area (Å²) < 4.78 is 25.4. The standard InChI is InChI=1S/C11H18O7/c1-7(12)16-10-4-9(15-6-14-3)5-11(18-10)17-8(2)13/h9-11H,4-6H2,1-3H3/t9?,10-,11+. The molecule has 0 bridgehead atoms. The first-order chi connectivity index (χ1) is 8.51. The summed E-state index contributed by atoms with van der Waals surface area (Å²) in [6.07, 6.45) is -1.06. The van der Waals surface area contributed by atoms with Crippen molar-refractivity contribution in [3.63, 3.8) is 0 Å². The fraction of sp³-hybridized carbons (Fsp3) is 0.818. The van der Waals surface area contributed by atoms with Gasteiger partial charge in [0.1, 0.15) is 6.79 Å². The first kappa shape index (κ1) is 14.9. The predicted octanol–water partition coefficient (Wildman–Crippen LogP) is 0.564. The molecule has 7 heteroatoms. The van der Waals surface area contributed by atoms with Gasteiger partial charge in [0.2, 0.25) is 12.6 Å². The summed E-state index contributed by atoms with van der Waals surface area (Å²) in [6.45, 7) is 2.68. The van der Waals surface area contributed by atoms with Crippen molar-refractivity contribution in [2.24, 2.45) is 0 Å². The van der Waals surface area contributed by atoms with Crippen molar-refractivity contribution in [2.45, 2.75) is 45.4 Å². The molecule has 1 rings (SSSR count). The molecule has 0 spiro atoms. The molecule has 1 fully saturated rings. The summed E-state index contributed by atoms with van der Waals surface area (Å²) in [6, 6.07) is 0. The molecule has 1 aliphatic heterocycles. The molecule has 1 saturated heterocycles. The van der Waals surface area contributed by atoms with Crippen LogP contribution in [0.4, 0.5) is 0 Å². The second-order valence-corrected chi connectivity index (χ2v) is 3.88. The van der Waals surface area contributed by atoms with E-state index in [1.165, 1.54) is 21.0 Å². The molecule has 0 aromatic rings. The van der Waals surface area contributed by atoms with E-state index in [4.69, 9.17) is 23.7 Å². The maximum atomic E-state index is 10.9. The third-order valence-corrected chi connectivity index (χ3v) is 2.23. The minimum atomic E-state index is -0.776. The number of carbonyl (C=O) groups is 2. The Bertz CT molecular complexity index is 267. The highest BCUT2D eigenvalue weighted by Crippen LogP contribution is 2.24. The molecule has 0 radical (unpaired) electrons. The minimum Gasteiger partial charge on any atom is -0.436 e. The quantitative estimate of drug-likeness (QED) is 0.529. The van der Waals surface area contributed by atoms with E-state index in [1.807, 2.05) is 0 Å². The lowest BCUT2D eigenvalue weighted by molar-refractivity contribution is -0.276. The molecule has 104 valence electrons. The van der Waals surface area contributed by atoms with Gasteiger partial charge in [-0.05, 0) is 0 Å². The van der Waals surface area contributed by atoms with Crippen LogP contribution in [-0.4, -0.2) is 44.5 Å². The van der Waals surface area contributed by atoms with Crippen LogP contribution < -0.4 is 0 Å². The molecule has 3 atom stereocenters. The van der Waals surface area contributed by atoms with E-state index in [9.17, 15) is 9.59 Å². The average molecular weight is 262 g/mol. The zero-order valence-electron chi connectivity index (χ0n) is 10.7. The molecule has 0 aromatic heterocycles. The zero-order valence-corrected chi connectivity index (χ0v) is 10.7. The van der Waals surface area contributed by atoms with Crippen LogP contribution in [-0.2, 0) is 33.3 Å². The van der Waals surface area contributed by atoms with E-state index in [0.717, 1.165) is 0 Å². The van der Waals surface area contributed by atoms with Gasteiger partial charge in [-0.1, -0.05) is 0 Å². The molecular weight excluding hydrogens is 244 g/mol. The Morgan fingerprint density at radius 1 is 1.11 bits per heavy atom. The van der Waals surface area contributed by atoms with E-state index in [0.29, 0.717) is 12.8 Å². The van der Waals surface area contributed by atoms with Crippen molar-refractivity contribution in [3.8, 4) is 0 Å². The Kier molecular flexibility index (Phi) is 6.03. The van der Waals surface area contributed by atoms with Crippen LogP contribution in [0.25, 0.3) is 0 Å². The Morgan fingerprint density at radius 2 is 1.61 bits per heavy atom. The topological polar surface area (TPSA) is 80.3 Å². The van der Waals surface area contributed by atoms with Crippen LogP contribution in [0, 0.1) is 0 Å². The second-order valence-electron chi connectivity index (χ2n) is 3.88. The third kappa shape index (κ3) is 5.44. The summed E-state index contributed by atoms with van der Waals surface area (Å²) in [5, 5.41) is 0. The van der Waals surface area contributed by atoms with Crippen LogP contribution in [0.2, 0.25) is 0 Å². The number of ether oxygens (including phenoxy) is 5. The summed E-state index contributed by atoms with van der Waals surface area (Å²) >= 11 is 0. The highest BCUT2D eigenvalue weighted by atomic mass is 16.8. The SMILES string of the molecule is COCOC1C[C@H](OC(C)=O)O[C@H](OC(C)=O)C1. The Hall–Kier alpha value is -1.18. The maximum absolute atomic E-state index is 10.9. The highest BCUT2D eigenvalue weighted by molar-refractivity contribution is 5.66. The lowest BCUT2D eigenvalue weighted by atomic mass is 10.1. The van der Waals surface area contributed by atoms with Crippen molar-refractivity contribution in [3.05, 3.63) is 0 Å². The van der Waals surface area contributed by atoms with Gasteiger partial charge in [-0.3, -0.25) is 9.59 Å². The van der Waals surface area contributed by atoms with Gasteiger partial charge in [0.15, 0.2) is 0 Å². The Balaban J connectivity index is 2.53. The van der Waals surface area contributed by atoms with E-state index >= 15 is 0 Å². The van der Waals surface area contributed by atoms with Crippen molar-refractivity contribution >= 4 is 11.9 Å². The Morgan fingerprint density at radius 3 is 2.00 bits per heavy atom. The number of rotatable bonds is 5. The van der Waals surface area contributed by atoms with Gasteiger partial charge in [0.05, 0.1) is 6.10 Å². The van der Waals surface area contributed by atoms with Crippen molar-refractivity contribution in [1.82, 2.24) is 0 Å². The van der Waals surface area contributed by atoms with Crippen molar-refractivity contribution < 1.29 is 33.3 Å². The second kappa shape index (κ2) is 7.30. The monoisotopic (exact) mass is 262 g/mol. The van der Waals surface area contributed by atoms with Gasteiger partial charge in [-0.2, -0.15) is 0 Å². The number of hydrogen-bond acceptors (Lipinski definition) is 7. The number of carbonyl (C=O) groups excluding carboxylic acids is 2. The zero-order chi connectivity index (χ0) is 13.5. The fourth-order valence-electron chi connectivity index (χ4n) is 1.63. The molecule has 0 amide bonds. The van der Waals surface area contributed by atoms with E-state index in [1.54, 1.807) is 0 Å². The van der Waals surface area contributed by atoms with Gasteiger partial charge in [0.25, 0.3) is 0 Å².